The van der Waals surface area contributed by atoms with E-state index in [1.165, 1.54) is 24.3 Å². The van der Waals surface area contributed by atoms with Crippen LogP contribution in [0, 0.1) is 5.92 Å². The summed E-state index contributed by atoms with van der Waals surface area (Å²) >= 11 is 0. The van der Waals surface area contributed by atoms with Crippen LogP contribution >= 0.6 is 0 Å². The van der Waals surface area contributed by atoms with Gasteiger partial charge in [0, 0.05) is 50.4 Å². The SMILES string of the molecule is O=C(Cc1ccc(OC(F)(F)F)cc1)NCCN1CC2CC(C1)c1cccc(=O)n1C2. The highest BCUT2D eigenvalue weighted by molar-refractivity contribution is 5.78. The Labute approximate surface area is 177 Å². The number of amides is 1. The van der Waals surface area contributed by atoms with Crippen molar-refractivity contribution in [3.63, 3.8) is 0 Å². The van der Waals surface area contributed by atoms with Crippen LogP contribution in [0.4, 0.5) is 13.2 Å². The number of halogens is 3. The number of benzene rings is 1. The van der Waals surface area contributed by atoms with Crippen LogP contribution in [0.3, 0.4) is 0 Å². The van der Waals surface area contributed by atoms with E-state index < -0.39 is 6.36 Å². The molecular weight excluding hydrogens is 411 g/mol. The highest BCUT2D eigenvalue weighted by Crippen LogP contribution is 2.34. The van der Waals surface area contributed by atoms with Crippen LogP contribution in [0.25, 0.3) is 0 Å². The summed E-state index contributed by atoms with van der Waals surface area (Å²) in [6, 6.07) is 10.7. The van der Waals surface area contributed by atoms with Gasteiger partial charge in [0.05, 0.1) is 6.42 Å². The van der Waals surface area contributed by atoms with Gasteiger partial charge in [0.25, 0.3) is 5.56 Å². The van der Waals surface area contributed by atoms with Crippen molar-refractivity contribution in [3.8, 4) is 5.75 Å². The molecule has 0 saturated carbocycles. The molecule has 1 amide bonds. The summed E-state index contributed by atoms with van der Waals surface area (Å²) in [7, 11) is 0. The minimum atomic E-state index is -4.73. The molecule has 4 rings (SSSR count). The second-order valence-electron chi connectivity index (χ2n) is 8.18. The average Bonchev–Trinajstić information content (AvgIpc) is 2.69. The van der Waals surface area contributed by atoms with Crippen LogP contribution in [0.2, 0.25) is 0 Å². The van der Waals surface area contributed by atoms with Crippen LogP contribution in [0.5, 0.6) is 5.75 Å². The maximum Gasteiger partial charge on any atom is 0.573 e. The molecular formula is C22H24F3N3O3. The minimum absolute atomic E-state index is 0.0610. The topological polar surface area (TPSA) is 63.6 Å². The lowest BCUT2D eigenvalue weighted by Crippen LogP contribution is -2.48. The smallest absolute Gasteiger partial charge is 0.406 e. The van der Waals surface area contributed by atoms with Gasteiger partial charge in [-0.25, -0.2) is 0 Å². The van der Waals surface area contributed by atoms with Gasteiger partial charge in [0.1, 0.15) is 5.75 Å². The van der Waals surface area contributed by atoms with E-state index in [2.05, 4.69) is 15.0 Å². The summed E-state index contributed by atoms with van der Waals surface area (Å²) in [5.41, 5.74) is 1.77. The highest BCUT2D eigenvalue weighted by Gasteiger charge is 2.34. The summed E-state index contributed by atoms with van der Waals surface area (Å²) in [6.07, 6.45) is -3.56. The highest BCUT2D eigenvalue weighted by atomic mass is 19.4. The van der Waals surface area contributed by atoms with Crippen molar-refractivity contribution in [2.75, 3.05) is 26.2 Å². The number of likely N-dealkylation sites (tertiary alicyclic amines) is 1. The molecule has 1 fully saturated rings. The first-order valence-corrected chi connectivity index (χ1v) is 10.3. The lowest BCUT2D eigenvalue weighted by atomic mass is 9.83. The first-order chi connectivity index (χ1) is 14.8. The second kappa shape index (κ2) is 8.74. The van der Waals surface area contributed by atoms with E-state index in [4.69, 9.17) is 0 Å². The van der Waals surface area contributed by atoms with Gasteiger partial charge in [0.15, 0.2) is 0 Å². The molecule has 2 aromatic rings. The van der Waals surface area contributed by atoms with Gasteiger partial charge < -0.3 is 19.5 Å². The van der Waals surface area contributed by atoms with Gasteiger partial charge in [-0.2, -0.15) is 0 Å². The molecule has 0 spiro atoms. The van der Waals surface area contributed by atoms with Gasteiger partial charge in [-0.1, -0.05) is 18.2 Å². The number of rotatable bonds is 6. The fraction of sp³-hybridized carbons (Fsp3) is 0.455. The standard InChI is InChI=1S/C22H24F3N3O3/c23-22(24,25)31-18-6-4-15(5-7-18)11-20(29)26-8-9-27-12-16-10-17(14-27)19-2-1-3-21(30)28(19)13-16/h1-7,16-17H,8-14H2,(H,26,29). The number of nitrogens with zero attached hydrogens (tertiary/aromatic N) is 2. The number of carbonyl (C=O) groups excluding carboxylic acids is 1. The summed E-state index contributed by atoms with van der Waals surface area (Å²) in [5.74, 6) is 0.267. The molecule has 2 unspecified atom stereocenters. The van der Waals surface area contributed by atoms with Crippen molar-refractivity contribution in [2.45, 2.75) is 31.7 Å². The Morgan fingerprint density at radius 2 is 1.87 bits per heavy atom. The number of fused-ring (bicyclic) bond motifs is 4. The molecule has 2 atom stereocenters. The zero-order chi connectivity index (χ0) is 22.0. The molecule has 1 N–H and O–H groups in total. The molecule has 9 heteroatoms. The average molecular weight is 435 g/mol. The summed E-state index contributed by atoms with van der Waals surface area (Å²) in [4.78, 5) is 26.6. The van der Waals surface area contributed by atoms with Crippen LogP contribution in [-0.4, -0.2) is 47.9 Å². The maximum absolute atomic E-state index is 12.2. The van der Waals surface area contributed by atoms with Crippen molar-refractivity contribution in [3.05, 3.63) is 64.1 Å². The van der Waals surface area contributed by atoms with Crippen LogP contribution in [0.15, 0.2) is 47.3 Å². The van der Waals surface area contributed by atoms with Crippen molar-refractivity contribution < 1.29 is 22.7 Å². The molecule has 1 aromatic carbocycles. The van der Waals surface area contributed by atoms with Crippen molar-refractivity contribution >= 4 is 5.91 Å². The Bertz CT molecular complexity index is 988. The van der Waals surface area contributed by atoms with Gasteiger partial charge in [-0.3, -0.25) is 9.59 Å². The third-order valence-electron chi connectivity index (χ3n) is 5.83. The zero-order valence-corrected chi connectivity index (χ0v) is 16.9. The van der Waals surface area contributed by atoms with Crippen LogP contribution < -0.4 is 15.6 Å². The van der Waals surface area contributed by atoms with E-state index in [0.29, 0.717) is 30.5 Å². The first-order valence-electron chi connectivity index (χ1n) is 10.3. The largest absolute Gasteiger partial charge is 0.573 e. The number of piperidine rings is 1. The Balaban J connectivity index is 1.24. The molecule has 1 aromatic heterocycles. The number of hydrogen-bond donors (Lipinski definition) is 1. The third-order valence-corrected chi connectivity index (χ3v) is 5.83. The normalized spacial score (nSPS) is 20.7. The molecule has 0 aliphatic carbocycles. The van der Waals surface area contributed by atoms with Gasteiger partial charge in [-0.05, 0) is 36.1 Å². The number of ether oxygens (including phenoxy) is 1. The van der Waals surface area contributed by atoms with E-state index in [1.54, 1.807) is 6.07 Å². The number of nitrogens with one attached hydrogen (secondary N) is 1. The Kier molecular flexibility index (Phi) is 6.04. The monoisotopic (exact) mass is 435 g/mol. The van der Waals surface area contributed by atoms with E-state index >= 15 is 0 Å². The van der Waals surface area contributed by atoms with E-state index in [0.717, 1.165) is 31.7 Å². The third kappa shape index (κ3) is 5.46. The van der Waals surface area contributed by atoms with Crippen LogP contribution in [0.1, 0.15) is 23.6 Å². The fourth-order valence-corrected chi connectivity index (χ4v) is 4.59. The Morgan fingerprint density at radius 1 is 1.10 bits per heavy atom. The molecule has 2 aliphatic rings. The molecule has 3 heterocycles. The predicted octanol–water partition coefficient (Wildman–Crippen LogP) is 2.52. The summed E-state index contributed by atoms with van der Waals surface area (Å²) in [5, 5.41) is 2.88. The van der Waals surface area contributed by atoms with Crippen LogP contribution in [-0.2, 0) is 17.8 Å². The molecule has 2 aliphatic heterocycles. The molecule has 166 valence electrons. The minimum Gasteiger partial charge on any atom is -0.406 e. The molecule has 0 radical (unpaired) electrons. The quantitative estimate of drug-likeness (QED) is 0.758. The lowest BCUT2D eigenvalue weighted by Gasteiger charge is -2.42. The molecule has 6 nitrogen and oxygen atoms in total. The fourth-order valence-electron chi connectivity index (χ4n) is 4.59. The molecule has 2 bridgehead atoms. The number of aromatic nitrogens is 1. The number of pyridine rings is 1. The van der Waals surface area contributed by atoms with Crippen molar-refractivity contribution in [2.24, 2.45) is 5.92 Å². The van der Waals surface area contributed by atoms with E-state index in [1.807, 2.05) is 16.7 Å². The maximum atomic E-state index is 12.2. The number of alkyl halides is 3. The molecule has 1 saturated heterocycles. The number of hydrogen-bond acceptors (Lipinski definition) is 4. The lowest BCUT2D eigenvalue weighted by molar-refractivity contribution is -0.274. The Morgan fingerprint density at radius 3 is 2.61 bits per heavy atom. The first kappa shape index (κ1) is 21.4. The van der Waals surface area contributed by atoms with Crippen molar-refractivity contribution in [1.82, 2.24) is 14.8 Å². The summed E-state index contributed by atoms with van der Waals surface area (Å²) < 4.78 is 42.3. The van der Waals surface area contributed by atoms with E-state index in [-0.39, 0.29) is 23.6 Å². The molecule has 31 heavy (non-hydrogen) atoms. The zero-order valence-electron chi connectivity index (χ0n) is 16.9. The van der Waals surface area contributed by atoms with Gasteiger partial charge >= 0.3 is 6.36 Å². The number of carbonyl (C=O) groups is 1. The van der Waals surface area contributed by atoms with Gasteiger partial charge in [0.2, 0.25) is 5.91 Å². The van der Waals surface area contributed by atoms with Crippen molar-refractivity contribution in [1.29, 1.82) is 0 Å². The summed E-state index contributed by atoms with van der Waals surface area (Å²) in [6.45, 7) is 3.70. The van der Waals surface area contributed by atoms with Gasteiger partial charge in [-0.15, -0.1) is 13.2 Å². The Hall–Kier alpha value is -2.81. The second-order valence-corrected chi connectivity index (χ2v) is 8.18. The predicted molar refractivity (Wildman–Crippen MR) is 108 cm³/mol. The van der Waals surface area contributed by atoms with E-state index in [9.17, 15) is 22.8 Å².